The van der Waals surface area contributed by atoms with Gasteiger partial charge in [-0.05, 0) is 54.7 Å². The minimum atomic E-state index is -4.54. The van der Waals surface area contributed by atoms with Crippen LogP contribution < -0.4 is 15.5 Å². The van der Waals surface area contributed by atoms with Crippen LogP contribution in [0.25, 0.3) is 0 Å². The number of carbonyl (C=O) groups excluding carboxylic acids is 1. The quantitative estimate of drug-likeness (QED) is 0.431. The van der Waals surface area contributed by atoms with Crippen LogP contribution >= 0.6 is 23.2 Å². The molecule has 1 unspecified atom stereocenters. The van der Waals surface area contributed by atoms with E-state index in [4.69, 9.17) is 32.9 Å². The summed E-state index contributed by atoms with van der Waals surface area (Å²) in [6.45, 7) is 4.88. The van der Waals surface area contributed by atoms with Gasteiger partial charge in [-0.3, -0.25) is 4.79 Å². The normalized spacial score (nSPS) is 20.3. The smallest absolute Gasteiger partial charge is 0.378 e. The number of amides is 1. The number of amidine groups is 1. The van der Waals surface area contributed by atoms with Crippen LogP contribution in [0.1, 0.15) is 43.2 Å². The molecule has 198 valence electrons. The molecule has 0 aromatic heterocycles. The first-order chi connectivity index (χ1) is 17.6. The number of nitrogens with zero attached hydrogens (tertiary/aromatic N) is 2. The van der Waals surface area contributed by atoms with Crippen molar-refractivity contribution in [1.82, 2.24) is 5.32 Å². The van der Waals surface area contributed by atoms with E-state index < -0.39 is 17.5 Å². The van der Waals surface area contributed by atoms with Crippen LogP contribution in [0.15, 0.2) is 35.3 Å². The van der Waals surface area contributed by atoms with Gasteiger partial charge in [0.05, 0.1) is 40.3 Å². The number of aliphatic imine (C=N–C) groups is 1. The predicted molar refractivity (Wildman–Crippen MR) is 139 cm³/mol. The molecule has 2 N–H and O–H groups in total. The number of benzene rings is 2. The Hall–Kier alpha value is -2.49. The van der Waals surface area contributed by atoms with Crippen LogP contribution in [0, 0.1) is 5.41 Å². The second-order valence-electron chi connectivity index (χ2n) is 9.62. The lowest BCUT2D eigenvalue weighted by atomic mass is 9.95. The Morgan fingerprint density at radius 1 is 1.16 bits per heavy atom. The van der Waals surface area contributed by atoms with Crippen molar-refractivity contribution in [3.8, 4) is 0 Å². The number of morpholine rings is 1. The maximum atomic E-state index is 13.2. The molecule has 2 fully saturated rings. The summed E-state index contributed by atoms with van der Waals surface area (Å²) in [6, 6.07) is 9.02. The maximum Gasteiger partial charge on any atom is 0.403 e. The molecule has 37 heavy (non-hydrogen) atoms. The Balaban J connectivity index is 1.32. The van der Waals surface area contributed by atoms with Gasteiger partial charge in [0.1, 0.15) is 11.3 Å². The lowest BCUT2D eigenvalue weighted by molar-refractivity contribution is -0.192. The lowest BCUT2D eigenvalue weighted by Gasteiger charge is -2.30. The monoisotopic (exact) mass is 554 g/mol. The third-order valence-corrected chi connectivity index (χ3v) is 7.91. The Labute approximate surface area is 223 Å². The second-order valence-corrected chi connectivity index (χ2v) is 10.4. The van der Waals surface area contributed by atoms with Crippen LogP contribution in [0.4, 0.5) is 30.2 Å². The summed E-state index contributed by atoms with van der Waals surface area (Å²) in [5.41, 5.74) is 1.76. The number of hydrogen-bond acceptors (Lipinski definition) is 5. The fourth-order valence-electron chi connectivity index (χ4n) is 4.91. The Bertz CT molecular complexity index is 1240. The highest BCUT2D eigenvalue weighted by molar-refractivity contribution is 6.34. The molecule has 1 saturated carbocycles. The second kappa shape index (κ2) is 10.0. The van der Waals surface area contributed by atoms with Crippen molar-refractivity contribution >= 4 is 52.0 Å². The molecule has 1 amide bonds. The molecular formula is C26H27Cl2F3N4O2. The van der Waals surface area contributed by atoms with E-state index in [0.29, 0.717) is 40.3 Å². The number of hydrogen-bond donors (Lipinski definition) is 2. The van der Waals surface area contributed by atoms with Gasteiger partial charge in [0.15, 0.2) is 0 Å². The number of alkyl halides is 3. The van der Waals surface area contributed by atoms with Crippen molar-refractivity contribution in [2.24, 2.45) is 10.4 Å². The van der Waals surface area contributed by atoms with Crippen molar-refractivity contribution < 1.29 is 22.7 Å². The predicted octanol–water partition coefficient (Wildman–Crippen LogP) is 6.44. The molecule has 1 aliphatic carbocycles. The van der Waals surface area contributed by atoms with Crippen molar-refractivity contribution in [2.45, 2.75) is 44.8 Å². The van der Waals surface area contributed by atoms with Crippen molar-refractivity contribution in [3.63, 3.8) is 0 Å². The number of carbonyl (C=O) groups is 1. The zero-order valence-electron chi connectivity index (χ0n) is 20.2. The molecule has 1 atom stereocenters. The molecule has 2 heterocycles. The van der Waals surface area contributed by atoms with Crippen molar-refractivity contribution in [1.29, 1.82) is 0 Å². The van der Waals surface area contributed by atoms with Gasteiger partial charge in [0, 0.05) is 25.6 Å². The highest BCUT2D eigenvalue weighted by Gasteiger charge is 2.68. The minimum absolute atomic E-state index is 0.00649. The zero-order valence-corrected chi connectivity index (χ0v) is 21.7. The van der Waals surface area contributed by atoms with Crippen LogP contribution in [0.5, 0.6) is 0 Å². The molecule has 1 saturated heterocycles. The Morgan fingerprint density at radius 2 is 1.89 bits per heavy atom. The first kappa shape index (κ1) is 26.1. The van der Waals surface area contributed by atoms with Crippen LogP contribution in [-0.2, 0) is 16.1 Å². The van der Waals surface area contributed by atoms with Gasteiger partial charge in [-0.1, -0.05) is 36.2 Å². The molecular weight excluding hydrogens is 528 g/mol. The van der Waals surface area contributed by atoms with Crippen LogP contribution in [0.2, 0.25) is 10.0 Å². The first-order valence-electron chi connectivity index (χ1n) is 12.3. The number of ether oxygens (including phenoxy) is 1. The molecule has 3 aliphatic rings. The van der Waals surface area contributed by atoms with E-state index in [-0.39, 0.29) is 25.3 Å². The maximum absolute atomic E-state index is 13.2. The van der Waals surface area contributed by atoms with Gasteiger partial charge < -0.3 is 20.3 Å². The number of nitrogens with one attached hydrogen (secondary N) is 2. The number of anilines is 2. The molecule has 5 rings (SSSR count). The first-order valence-corrected chi connectivity index (χ1v) is 13.0. The summed E-state index contributed by atoms with van der Waals surface area (Å²) in [5, 5.41) is 6.82. The van der Waals surface area contributed by atoms with E-state index in [2.05, 4.69) is 28.5 Å². The van der Waals surface area contributed by atoms with Crippen LogP contribution in [0.3, 0.4) is 0 Å². The van der Waals surface area contributed by atoms with Gasteiger partial charge >= 0.3 is 6.18 Å². The average Bonchev–Trinajstić information content (AvgIpc) is 3.63. The molecule has 11 heteroatoms. The number of rotatable bonds is 6. The molecule has 2 aromatic carbocycles. The lowest BCUT2D eigenvalue weighted by Crippen LogP contribution is -2.40. The SMILES string of the molecule is CCC1C(Nc2cc(CNC(=O)C3(C(F)(F)F)CC3)ccc2Cl)=Nc2cc(Cl)c(N3CCOCC3)cc21. The molecule has 6 nitrogen and oxygen atoms in total. The Morgan fingerprint density at radius 3 is 2.54 bits per heavy atom. The standard InChI is InChI=1S/C26H27Cl2F3N4O2/c1-2-16-17-12-22(35-7-9-37-10-8-35)19(28)13-20(17)33-23(16)34-21-11-15(3-4-18(21)27)14-32-24(36)25(5-6-25)26(29,30)31/h3-4,11-13,16H,2,5-10,14H2,1H3,(H,32,36)(H,33,34). The van der Waals surface area contributed by atoms with E-state index in [9.17, 15) is 18.0 Å². The summed E-state index contributed by atoms with van der Waals surface area (Å²) in [6.07, 6.45) is -4.10. The van der Waals surface area contributed by atoms with Crippen molar-refractivity contribution in [3.05, 3.63) is 51.5 Å². The number of fused-ring (bicyclic) bond motifs is 1. The third-order valence-electron chi connectivity index (χ3n) is 7.28. The molecule has 0 spiro atoms. The van der Waals surface area contributed by atoms with Gasteiger partial charge in [-0.15, -0.1) is 0 Å². The summed E-state index contributed by atoms with van der Waals surface area (Å²) in [7, 11) is 0. The Kier molecular flexibility index (Phi) is 7.06. The minimum Gasteiger partial charge on any atom is -0.378 e. The van der Waals surface area contributed by atoms with E-state index in [1.807, 2.05) is 6.07 Å². The fourth-order valence-corrected chi connectivity index (χ4v) is 5.35. The topological polar surface area (TPSA) is 66.0 Å². The molecule has 0 radical (unpaired) electrons. The molecule has 2 aliphatic heterocycles. The van der Waals surface area contributed by atoms with Gasteiger partial charge in [0.2, 0.25) is 5.91 Å². The highest BCUT2D eigenvalue weighted by Crippen LogP contribution is 2.57. The van der Waals surface area contributed by atoms with E-state index in [1.54, 1.807) is 18.2 Å². The summed E-state index contributed by atoms with van der Waals surface area (Å²) in [5.74, 6) is -0.281. The van der Waals surface area contributed by atoms with E-state index >= 15 is 0 Å². The van der Waals surface area contributed by atoms with Gasteiger partial charge in [-0.25, -0.2) is 4.99 Å². The molecule has 0 bridgehead atoms. The van der Waals surface area contributed by atoms with Crippen molar-refractivity contribution in [2.75, 3.05) is 36.5 Å². The summed E-state index contributed by atoms with van der Waals surface area (Å²) < 4.78 is 45.2. The third kappa shape index (κ3) is 5.01. The van der Waals surface area contributed by atoms with Gasteiger partial charge in [0.25, 0.3) is 0 Å². The summed E-state index contributed by atoms with van der Waals surface area (Å²) >= 11 is 13.1. The van der Waals surface area contributed by atoms with Gasteiger partial charge in [-0.2, -0.15) is 13.2 Å². The fraction of sp³-hybridized carbons (Fsp3) is 0.462. The summed E-state index contributed by atoms with van der Waals surface area (Å²) in [4.78, 5) is 19.2. The molecule has 2 aromatic rings. The van der Waals surface area contributed by atoms with Crippen LogP contribution in [-0.4, -0.2) is 44.2 Å². The number of halogens is 5. The zero-order chi connectivity index (χ0) is 26.4. The van der Waals surface area contributed by atoms with E-state index in [0.717, 1.165) is 36.4 Å². The van der Waals surface area contributed by atoms with E-state index in [1.165, 1.54) is 0 Å². The highest BCUT2D eigenvalue weighted by atomic mass is 35.5. The largest absolute Gasteiger partial charge is 0.403 e. The average molecular weight is 555 g/mol.